The molecule has 0 bridgehead atoms. The van der Waals surface area contributed by atoms with Gasteiger partial charge < -0.3 is 15.8 Å². The molecule has 0 aromatic heterocycles. The van der Waals surface area contributed by atoms with Crippen molar-refractivity contribution in [2.45, 2.75) is 65.1 Å². The Morgan fingerprint density at radius 2 is 2.17 bits per heavy atom. The van der Waals surface area contributed by atoms with Crippen molar-refractivity contribution in [3.63, 3.8) is 0 Å². The van der Waals surface area contributed by atoms with Gasteiger partial charge in [0, 0.05) is 18.1 Å². The van der Waals surface area contributed by atoms with Crippen LogP contribution in [0.1, 0.15) is 47.0 Å². The number of carbonyl (C=O) groups excluding carboxylic acids is 1. The quantitative estimate of drug-likeness (QED) is 0.729. The van der Waals surface area contributed by atoms with Gasteiger partial charge in [0.2, 0.25) is 5.91 Å². The van der Waals surface area contributed by atoms with Crippen LogP contribution in [-0.4, -0.2) is 30.7 Å². The molecule has 1 saturated carbocycles. The summed E-state index contributed by atoms with van der Waals surface area (Å²) in [5.41, 5.74) is 5.55. The maximum atomic E-state index is 11.5. The third kappa shape index (κ3) is 4.11. The zero-order valence-electron chi connectivity index (χ0n) is 11.9. The standard InChI is InChI=1S/C13H26N2O2.ClH/c1-5-6-7-17-11-8-10(13(11,3)4)15-12(16)9(2)14;/h9-11H,5-8,14H2,1-4H3,(H,15,16);1H/t9-,10?,11?;/m0./s1. The van der Waals surface area contributed by atoms with Gasteiger partial charge in [-0.1, -0.05) is 27.2 Å². The number of nitrogens with one attached hydrogen (secondary N) is 1. The van der Waals surface area contributed by atoms with Crippen LogP contribution in [0.2, 0.25) is 0 Å². The van der Waals surface area contributed by atoms with Crippen LogP contribution in [0.15, 0.2) is 0 Å². The van der Waals surface area contributed by atoms with Crippen molar-refractivity contribution < 1.29 is 9.53 Å². The highest BCUT2D eigenvalue weighted by molar-refractivity contribution is 5.85. The number of nitrogens with two attached hydrogens (primary N) is 1. The minimum atomic E-state index is -0.439. The molecule has 108 valence electrons. The summed E-state index contributed by atoms with van der Waals surface area (Å²) in [5, 5.41) is 2.98. The molecule has 1 fully saturated rings. The molecule has 0 aromatic carbocycles. The van der Waals surface area contributed by atoms with Gasteiger partial charge in [-0.15, -0.1) is 12.4 Å². The van der Waals surface area contributed by atoms with Crippen molar-refractivity contribution in [3.05, 3.63) is 0 Å². The molecule has 5 heteroatoms. The molecule has 0 radical (unpaired) electrons. The lowest BCUT2D eigenvalue weighted by atomic mass is 9.64. The summed E-state index contributed by atoms with van der Waals surface area (Å²) >= 11 is 0. The molecule has 1 aliphatic rings. The van der Waals surface area contributed by atoms with Crippen molar-refractivity contribution in [3.8, 4) is 0 Å². The summed E-state index contributed by atoms with van der Waals surface area (Å²) in [6.45, 7) is 8.95. The van der Waals surface area contributed by atoms with Crippen LogP contribution in [0.3, 0.4) is 0 Å². The summed E-state index contributed by atoms with van der Waals surface area (Å²) in [4.78, 5) is 11.5. The Labute approximate surface area is 116 Å². The third-order valence-electron chi connectivity index (χ3n) is 3.72. The SMILES string of the molecule is CCCCOC1CC(NC(=O)[C@H](C)N)C1(C)C.Cl. The van der Waals surface area contributed by atoms with Crippen molar-refractivity contribution in [1.82, 2.24) is 5.32 Å². The lowest BCUT2D eigenvalue weighted by molar-refractivity contribution is -0.138. The van der Waals surface area contributed by atoms with Crippen LogP contribution in [0.25, 0.3) is 0 Å². The van der Waals surface area contributed by atoms with Crippen molar-refractivity contribution in [2.24, 2.45) is 11.1 Å². The summed E-state index contributed by atoms with van der Waals surface area (Å²) < 4.78 is 5.82. The van der Waals surface area contributed by atoms with E-state index in [-0.39, 0.29) is 35.9 Å². The molecular weight excluding hydrogens is 252 g/mol. The minimum absolute atomic E-state index is 0. The van der Waals surface area contributed by atoms with Crippen LogP contribution in [0, 0.1) is 5.41 Å². The van der Waals surface area contributed by atoms with E-state index in [1.54, 1.807) is 6.92 Å². The fraction of sp³-hybridized carbons (Fsp3) is 0.923. The van der Waals surface area contributed by atoms with E-state index in [2.05, 4.69) is 26.1 Å². The van der Waals surface area contributed by atoms with Crippen molar-refractivity contribution >= 4 is 18.3 Å². The molecule has 3 N–H and O–H groups in total. The lowest BCUT2D eigenvalue weighted by Crippen LogP contribution is -2.63. The van der Waals surface area contributed by atoms with Crippen LogP contribution >= 0.6 is 12.4 Å². The highest BCUT2D eigenvalue weighted by atomic mass is 35.5. The van der Waals surface area contributed by atoms with Crippen molar-refractivity contribution in [2.75, 3.05) is 6.61 Å². The zero-order valence-corrected chi connectivity index (χ0v) is 12.7. The van der Waals surface area contributed by atoms with E-state index < -0.39 is 6.04 Å². The number of rotatable bonds is 6. The van der Waals surface area contributed by atoms with Crippen LogP contribution in [0.5, 0.6) is 0 Å². The fourth-order valence-corrected chi connectivity index (χ4v) is 2.09. The average Bonchev–Trinajstić information content (AvgIpc) is 2.26. The van der Waals surface area contributed by atoms with Gasteiger partial charge >= 0.3 is 0 Å². The normalized spacial score (nSPS) is 26.7. The Kier molecular flexibility index (Phi) is 7.18. The van der Waals surface area contributed by atoms with Gasteiger partial charge in [-0.05, 0) is 19.8 Å². The second kappa shape index (κ2) is 7.31. The van der Waals surface area contributed by atoms with Crippen LogP contribution in [-0.2, 0) is 9.53 Å². The second-order valence-corrected chi connectivity index (χ2v) is 5.62. The summed E-state index contributed by atoms with van der Waals surface area (Å²) in [5.74, 6) is -0.0740. The van der Waals surface area contributed by atoms with Gasteiger partial charge in [-0.25, -0.2) is 0 Å². The first kappa shape index (κ1) is 17.7. The fourth-order valence-electron chi connectivity index (χ4n) is 2.09. The number of halogens is 1. The van der Waals surface area contributed by atoms with Gasteiger partial charge in [0.05, 0.1) is 12.1 Å². The highest BCUT2D eigenvalue weighted by Crippen LogP contribution is 2.42. The molecule has 18 heavy (non-hydrogen) atoms. The predicted molar refractivity (Wildman–Crippen MR) is 75.9 cm³/mol. The van der Waals surface area contributed by atoms with E-state index in [4.69, 9.17) is 10.5 Å². The molecule has 0 saturated heterocycles. The van der Waals surface area contributed by atoms with Gasteiger partial charge in [0.1, 0.15) is 0 Å². The van der Waals surface area contributed by atoms with Crippen LogP contribution < -0.4 is 11.1 Å². The minimum Gasteiger partial charge on any atom is -0.378 e. The molecule has 1 aliphatic carbocycles. The van der Waals surface area contributed by atoms with Crippen LogP contribution in [0.4, 0.5) is 0 Å². The van der Waals surface area contributed by atoms with E-state index in [1.807, 2.05) is 0 Å². The molecular formula is C13H27ClN2O2. The Hall–Kier alpha value is -0.320. The topological polar surface area (TPSA) is 64.3 Å². The number of hydrogen-bond acceptors (Lipinski definition) is 3. The van der Waals surface area contributed by atoms with Crippen molar-refractivity contribution in [1.29, 1.82) is 0 Å². The number of unbranched alkanes of at least 4 members (excludes halogenated alkanes) is 1. The molecule has 1 rings (SSSR count). The highest BCUT2D eigenvalue weighted by Gasteiger charge is 2.49. The van der Waals surface area contributed by atoms with Gasteiger partial charge in [0.15, 0.2) is 0 Å². The summed E-state index contributed by atoms with van der Waals surface area (Å²) in [7, 11) is 0. The predicted octanol–water partition coefficient (Wildman–Crippen LogP) is 1.86. The summed E-state index contributed by atoms with van der Waals surface area (Å²) in [6, 6.07) is -0.251. The molecule has 0 aliphatic heterocycles. The van der Waals surface area contributed by atoms with E-state index in [9.17, 15) is 4.79 Å². The molecule has 3 atom stereocenters. The summed E-state index contributed by atoms with van der Waals surface area (Å²) in [6.07, 6.45) is 3.41. The Morgan fingerprint density at radius 3 is 2.61 bits per heavy atom. The van der Waals surface area contributed by atoms with E-state index in [0.717, 1.165) is 25.9 Å². The second-order valence-electron chi connectivity index (χ2n) is 5.62. The smallest absolute Gasteiger partial charge is 0.236 e. The number of carbonyl (C=O) groups is 1. The largest absolute Gasteiger partial charge is 0.378 e. The van der Waals surface area contributed by atoms with E-state index >= 15 is 0 Å². The van der Waals surface area contributed by atoms with E-state index in [0.29, 0.717) is 0 Å². The first-order valence-corrected chi connectivity index (χ1v) is 6.57. The first-order valence-electron chi connectivity index (χ1n) is 6.57. The zero-order chi connectivity index (χ0) is 13.1. The van der Waals surface area contributed by atoms with Gasteiger partial charge in [-0.3, -0.25) is 4.79 Å². The first-order chi connectivity index (χ1) is 7.89. The van der Waals surface area contributed by atoms with Gasteiger partial charge in [-0.2, -0.15) is 0 Å². The van der Waals surface area contributed by atoms with Gasteiger partial charge in [0.25, 0.3) is 0 Å². The monoisotopic (exact) mass is 278 g/mol. The number of ether oxygens (including phenoxy) is 1. The Morgan fingerprint density at radius 1 is 1.56 bits per heavy atom. The van der Waals surface area contributed by atoms with E-state index in [1.165, 1.54) is 0 Å². The number of hydrogen-bond donors (Lipinski definition) is 2. The molecule has 4 nitrogen and oxygen atoms in total. The maximum absolute atomic E-state index is 11.5. The number of amides is 1. The Bertz CT molecular complexity index is 270. The maximum Gasteiger partial charge on any atom is 0.236 e. The lowest BCUT2D eigenvalue weighted by Gasteiger charge is -2.51. The average molecular weight is 279 g/mol. The molecule has 2 unspecified atom stereocenters. The Balaban J connectivity index is 0.00000289. The molecule has 0 heterocycles. The molecule has 1 amide bonds. The third-order valence-corrected chi connectivity index (χ3v) is 3.72. The molecule has 0 aromatic rings. The molecule has 0 spiro atoms.